The summed E-state index contributed by atoms with van der Waals surface area (Å²) < 4.78 is 18.8. The fourth-order valence-electron chi connectivity index (χ4n) is 2.10. The Kier molecular flexibility index (Phi) is 4.08. The molecular weight excluding hydrogens is 259 g/mol. The lowest BCUT2D eigenvalue weighted by molar-refractivity contribution is 0.0987. The van der Waals surface area contributed by atoms with Gasteiger partial charge in [-0.2, -0.15) is 0 Å². The molecule has 0 spiro atoms. The first-order chi connectivity index (χ1) is 9.54. The maximum Gasteiger partial charge on any atom is 0.171 e. The predicted molar refractivity (Wildman–Crippen MR) is 72.5 cm³/mol. The second-order valence-electron chi connectivity index (χ2n) is 4.50. The van der Waals surface area contributed by atoms with E-state index in [2.05, 4.69) is 9.97 Å². The molecule has 104 valence electrons. The summed E-state index contributed by atoms with van der Waals surface area (Å²) in [5, 5.41) is 0. The van der Waals surface area contributed by atoms with E-state index in [4.69, 9.17) is 4.74 Å². The van der Waals surface area contributed by atoms with Gasteiger partial charge in [-0.25, -0.2) is 4.39 Å². The average Bonchev–Trinajstić information content (AvgIpc) is 2.43. The summed E-state index contributed by atoms with van der Waals surface area (Å²) in [6.45, 7) is 3.72. The highest BCUT2D eigenvalue weighted by molar-refractivity contribution is 5.97. The Bertz CT molecular complexity index is 656. The minimum atomic E-state index is -0.616. The van der Waals surface area contributed by atoms with Crippen LogP contribution in [0.15, 0.2) is 24.7 Å². The van der Waals surface area contributed by atoms with E-state index in [1.165, 1.54) is 12.3 Å². The number of aromatic nitrogens is 2. The second-order valence-corrected chi connectivity index (χ2v) is 4.50. The van der Waals surface area contributed by atoms with Gasteiger partial charge in [-0.15, -0.1) is 0 Å². The smallest absolute Gasteiger partial charge is 0.171 e. The number of nitrogens with zero attached hydrogens (tertiary/aromatic N) is 2. The molecular formula is C15H15FN2O2. The summed E-state index contributed by atoms with van der Waals surface area (Å²) in [4.78, 5) is 20.0. The molecule has 0 saturated heterocycles. The summed E-state index contributed by atoms with van der Waals surface area (Å²) in [6.07, 6.45) is 4.11. The minimum absolute atomic E-state index is 0.0285. The van der Waals surface area contributed by atoms with Crippen LogP contribution in [0.25, 0.3) is 0 Å². The number of carbonyl (C=O) groups excluding carboxylic acids is 1. The van der Waals surface area contributed by atoms with Gasteiger partial charge in [-0.1, -0.05) is 0 Å². The molecule has 0 N–H and O–H groups in total. The molecule has 4 nitrogen and oxygen atoms in total. The van der Waals surface area contributed by atoms with Crippen molar-refractivity contribution >= 4 is 5.78 Å². The van der Waals surface area contributed by atoms with Crippen LogP contribution >= 0.6 is 0 Å². The van der Waals surface area contributed by atoms with E-state index < -0.39 is 5.82 Å². The summed E-state index contributed by atoms with van der Waals surface area (Å²) in [5.41, 5.74) is 2.32. The molecule has 0 saturated carbocycles. The molecule has 0 aliphatic carbocycles. The zero-order valence-corrected chi connectivity index (χ0v) is 11.6. The Hall–Kier alpha value is -2.30. The molecule has 2 rings (SSSR count). The number of aryl methyl sites for hydroxylation is 1. The number of Topliss-reactive ketones (excluding diaryl/α,β-unsaturated/α-hetero) is 1. The van der Waals surface area contributed by atoms with Crippen molar-refractivity contribution < 1.29 is 13.9 Å². The van der Waals surface area contributed by atoms with Crippen molar-refractivity contribution in [2.45, 2.75) is 20.3 Å². The molecule has 0 fully saturated rings. The van der Waals surface area contributed by atoms with Crippen LogP contribution in [-0.4, -0.2) is 22.9 Å². The molecule has 2 aromatic heterocycles. The van der Waals surface area contributed by atoms with E-state index in [0.717, 1.165) is 17.3 Å². The van der Waals surface area contributed by atoms with E-state index in [1.807, 2.05) is 13.8 Å². The molecule has 20 heavy (non-hydrogen) atoms. The summed E-state index contributed by atoms with van der Waals surface area (Å²) in [7, 11) is 1.57. The first-order valence-corrected chi connectivity index (χ1v) is 6.16. The van der Waals surface area contributed by atoms with E-state index in [-0.39, 0.29) is 17.8 Å². The maximum absolute atomic E-state index is 13.5. The van der Waals surface area contributed by atoms with Crippen LogP contribution in [0.3, 0.4) is 0 Å². The summed E-state index contributed by atoms with van der Waals surface area (Å²) in [5.74, 6) is -0.237. The molecule has 2 heterocycles. The van der Waals surface area contributed by atoms with Crippen LogP contribution in [0.1, 0.15) is 27.2 Å². The SMILES string of the molecule is COc1c(C)cnc(CC(=O)c2ccncc2F)c1C. The standard InChI is InChI=1S/C15H15FN2O2/c1-9-7-18-13(10(2)15(9)20-3)6-14(19)11-4-5-17-8-12(11)16/h4-5,7-8H,6H2,1-3H3. The normalized spacial score (nSPS) is 10.4. The Morgan fingerprint density at radius 2 is 2.10 bits per heavy atom. The third kappa shape index (κ3) is 2.66. The number of ketones is 1. The average molecular weight is 274 g/mol. The first-order valence-electron chi connectivity index (χ1n) is 6.16. The van der Waals surface area contributed by atoms with Gasteiger partial charge in [0.1, 0.15) is 5.75 Å². The van der Waals surface area contributed by atoms with Gasteiger partial charge in [0.25, 0.3) is 0 Å². The molecule has 0 amide bonds. The number of carbonyl (C=O) groups is 1. The van der Waals surface area contributed by atoms with Crippen LogP contribution in [0, 0.1) is 19.7 Å². The van der Waals surface area contributed by atoms with Crippen molar-refractivity contribution in [3.63, 3.8) is 0 Å². The quantitative estimate of drug-likeness (QED) is 0.804. The zero-order chi connectivity index (χ0) is 14.7. The van der Waals surface area contributed by atoms with Gasteiger partial charge < -0.3 is 4.74 Å². The molecule has 5 heteroatoms. The highest BCUT2D eigenvalue weighted by atomic mass is 19.1. The molecule has 0 atom stereocenters. The molecule has 0 aliphatic heterocycles. The van der Waals surface area contributed by atoms with Crippen molar-refractivity contribution in [2.75, 3.05) is 7.11 Å². The number of halogens is 1. The molecule has 0 unspecified atom stereocenters. The highest BCUT2D eigenvalue weighted by Gasteiger charge is 2.16. The van der Waals surface area contributed by atoms with E-state index in [1.54, 1.807) is 13.3 Å². The van der Waals surface area contributed by atoms with E-state index in [9.17, 15) is 9.18 Å². The van der Waals surface area contributed by atoms with Crippen LogP contribution in [0.5, 0.6) is 5.75 Å². The number of pyridine rings is 2. The van der Waals surface area contributed by atoms with Crippen molar-refractivity contribution in [3.8, 4) is 5.75 Å². The highest BCUT2D eigenvalue weighted by Crippen LogP contribution is 2.24. The van der Waals surface area contributed by atoms with Gasteiger partial charge in [0.15, 0.2) is 11.6 Å². The lowest BCUT2D eigenvalue weighted by Crippen LogP contribution is -2.10. The molecule has 0 aliphatic rings. The van der Waals surface area contributed by atoms with Crippen molar-refractivity contribution in [1.82, 2.24) is 9.97 Å². The third-order valence-corrected chi connectivity index (χ3v) is 3.15. The lowest BCUT2D eigenvalue weighted by atomic mass is 10.0. The van der Waals surface area contributed by atoms with Gasteiger partial charge in [-0.05, 0) is 19.9 Å². The Morgan fingerprint density at radius 1 is 1.35 bits per heavy atom. The lowest BCUT2D eigenvalue weighted by Gasteiger charge is -2.11. The second kappa shape index (κ2) is 5.77. The van der Waals surface area contributed by atoms with Crippen molar-refractivity contribution in [3.05, 3.63) is 52.9 Å². The monoisotopic (exact) mass is 274 g/mol. The molecule has 0 bridgehead atoms. The first kappa shape index (κ1) is 14.1. The molecule has 2 aromatic rings. The van der Waals surface area contributed by atoms with Gasteiger partial charge in [0.2, 0.25) is 0 Å². The summed E-state index contributed by atoms with van der Waals surface area (Å²) in [6, 6.07) is 1.37. The van der Waals surface area contributed by atoms with Crippen LogP contribution in [-0.2, 0) is 6.42 Å². The number of rotatable bonds is 4. The van der Waals surface area contributed by atoms with Gasteiger partial charge >= 0.3 is 0 Å². The van der Waals surface area contributed by atoms with Gasteiger partial charge in [-0.3, -0.25) is 14.8 Å². The fraction of sp³-hybridized carbons (Fsp3) is 0.267. The van der Waals surface area contributed by atoms with E-state index in [0.29, 0.717) is 11.4 Å². The molecule has 0 radical (unpaired) electrons. The Balaban J connectivity index is 2.32. The third-order valence-electron chi connectivity index (χ3n) is 3.15. The van der Waals surface area contributed by atoms with Crippen LogP contribution < -0.4 is 4.74 Å². The van der Waals surface area contributed by atoms with Crippen molar-refractivity contribution in [2.24, 2.45) is 0 Å². The van der Waals surface area contributed by atoms with Crippen LogP contribution in [0.2, 0.25) is 0 Å². The fourth-order valence-corrected chi connectivity index (χ4v) is 2.10. The number of hydrogen-bond acceptors (Lipinski definition) is 4. The van der Waals surface area contributed by atoms with Gasteiger partial charge in [0, 0.05) is 23.5 Å². The Morgan fingerprint density at radius 3 is 2.75 bits per heavy atom. The topological polar surface area (TPSA) is 52.1 Å². The van der Waals surface area contributed by atoms with Crippen molar-refractivity contribution in [1.29, 1.82) is 0 Å². The van der Waals surface area contributed by atoms with Gasteiger partial charge in [0.05, 0.1) is 31.0 Å². The number of ether oxygens (including phenoxy) is 1. The molecule has 0 aromatic carbocycles. The van der Waals surface area contributed by atoms with E-state index >= 15 is 0 Å². The zero-order valence-electron chi connectivity index (χ0n) is 11.6. The predicted octanol–water partition coefficient (Wildman–Crippen LogP) is 2.67. The minimum Gasteiger partial charge on any atom is -0.496 e. The number of hydrogen-bond donors (Lipinski definition) is 0. The van der Waals surface area contributed by atoms with Crippen LogP contribution in [0.4, 0.5) is 4.39 Å². The summed E-state index contributed by atoms with van der Waals surface area (Å²) >= 11 is 0. The largest absolute Gasteiger partial charge is 0.496 e. The number of methoxy groups -OCH3 is 1. The maximum atomic E-state index is 13.5. The Labute approximate surface area is 116 Å².